The Morgan fingerprint density at radius 2 is 2.12 bits per heavy atom. The lowest BCUT2D eigenvalue weighted by molar-refractivity contribution is 0.102. The molecule has 8 heteroatoms. The molecule has 0 radical (unpaired) electrons. The molecule has 7 nitrogen and oxygen atoms in total. The SMILES string of the molecule is Cc1ccccc1Cn1cc(NC(=O)c2nn3cccnc3c2Br)cn1. The quantitative estimate of drug-likeness (QED) is 0.559. The van der Waals surface area contributed by atoms with E-state index in [1.807, 2.05) is 12.1 Å². The van der Waals surface area contributed by atoms with Gasteiger partial charge in [-0.3, -0.25) is 9.48 Å². The van der Waals surface area contributed by atoms with E-state index in [-0.39, 0.29) is 11.6 Å². The maximum atomic E-state index is 12.5. The molecule has 26 heavy (non-hydrogen) atoms. The van der Waals surface area contributed by atoms with Crippen LogP contribution in [-0.2, 0) is 6.54 Å². The van der Waals surface area contributed by atoms with E-state index in [9.17, 15) is 4.79 Å². The minimum atomic E-state index is -0.321. The van der Waals surface area contributed by atoms with Gasteiger partial charge in [-0.2, -0.15) is 10.2 Å². The van der Waals surface area contributed by atoms with Crippen molar-refractivity contribution in [3.63, 3.8) is 0 Å². The fourth-order valence-electron chi connectivity index (χ4n) is 2.67. The third-order valence-corrected chi connectivity index (χ3v) is 4.77. The van der Waals surface area contributed by atoms with Gasteiger partial charge < -0.3 is 5.32 Å². The van der Waals surface area contributed by atoms with Crippen LogP contribution in [0.5, 0.6) is 0 Å². The van der Waals surface area contributed by atoms with Gasteiger partial charge in [-0.05, 0) is 40.0 Å². The minimum absolute atomic E-state index is 0.273. The fourth-order valence-corrected chi connectivity index (χ4v) is 3.21. The molecule has 0 bridgehead atoms. The van der Waals surface area contributed by atoms with E-state index >= 15 is 0 Å². The number of amides is 1. The van der Waals surface area contributed by atoms with Crippen LogP contribution in [0.15, 0.2) is 59.6 Å². The second-order valence-electron chi connectivity index (χ2n) is 5.86. The largest absolute Gasteiger partial charge is 0.318 e. The highest BCUT2D eigenvalue weighted by Crippen LogP contribution is 2.21. The van der Waals surface area contributed by atoms with E-state index in [1.54, 1.807) is 40.1 Å². The maximum absolute atomic E-state index is 12.5. The number of carbonyl (C=O) groups excluding carboxylic acids is 1. The number of hydrogen-bond acceptors (Lipinski definition) is 4. The van der Waals surface area contributed by atoms with Gasteiger partial charge in [-0.1, -0.05) is 24.3 Å². The lowest BCUT2D eigenvalue weighted by Gasteiger charge is -2.05. The first-order valence-corrected chi connectivity index (χ1v) is 8.78. The molecular formula is C18H15BrN6O. The summed E-state index contributed by atoms with van der Waals surface area (Å²) in [7, 11) is 0. The number of nitrogens with zero attached hydrogens (tertiary/aromatic N) is 5. The summed E-state index contributed by atoms with van der Waals surface area (Å²) in [4.78, 5) is 16.8. The molecule has 0 spiro atoms. The monoisotopic (exact) mass is 410 g/mol. The summed E-state index contributed by atoms with van der Waals surface area (Å²) in [6.45, 7) is 2.71. The van der Waals surface area contributed by atoms with Gasteiger partial charge in [0.05, 0.1) is 22.9 Å². The lowest BCUT2D eigenvalue weighted by atomic mass is 10.1. The van der Waals surface area contributed by atoms with Gasteiger partial charge in [0, 0.05) is 18.6 Å². The third kappa shape index (κ3) is 3.11. The number of anilines is 1. The van der Waals surface area contributed by atoms with Gasteiger partial charge in [-0.25, -0.2) is 9.50 Å². The zero-order valence-corrected chi connectivity index (χ0v) is 15.5. The Kier molecular flexibility index (Phi) is 4.26. The summed E-state index contributed by atoms with van der Waals surface area (Å²) >= 11 is 3.40. The smallest absolute Gasteiger partial charge is 0.277 e. The summed E-state index contributed by atoms with van der Waals surface area (Å²) in [5, 5.41) is 11.4. The van der Waals surface area contributed by atoms with Crippen molar-refractivity contribution in [3.8, 4) is 0 Å². The number of fused-ring (bicyclic) bond motifs is 1. The van der Waals surface area contributed by atoms with Crippen molar-refractivity contribution >= 4 is 33.2 Å². The molecule has 0 aliphatic heterocycles. The van der Waals surface area contributed by atoms with Crippen LogP contribution in [0.4, 0.5) is 5.69 Å². The number of halogens is 1. The van der Waals surface area contributed by atoms with E-state index in [0.717, 1.165) is 0 Å². The predicted molar refractivity (Wildman–Crippen MR) is 101 cm³/mol. The number of rotatable bonds is 4. The van der Waals surface area contributed by atoms with Crippen molar-refractivity contribution in [2.45, 2.75) is 13.5 Å². The van der Waals surface area contributed by atoms with Crippen LogP contribution in [0, 0.1) is 6.92 Å². The molecule has 0 aliphatic carbocycles. The molecule has 0 saturated carbocycles. The first kappa shape index (κ1) is 16.5. The molecule has 3 aromatic heterocycles. The van der Waals surface area contributed by atoms with Crippen LogP contribution in [-0.4, -0.2) is 30.3 Å². The second-order valence-corrected chi connectivity index (χ2v) is 6.65. The summed E-state index contributed by atoms with van der Waals surface area (Å²) in [6.07, 6.45) is 6.81. The molecule has 130 valence electrons. The van der Waals surface area contributed by atoms with Gasteiger partial charge >= 0.3 is 0 Å². The molecule has 3 heterocycles. The van der Waals surface area contributed by atoms with E-state index in [4.69, 9.17) is 0 Å². The van der Waals surface area contributed by atoms with Crippen molar-refractivity contribution in [1.29, 1.82) is 0 Å². The molecular weight excluding hydrogens is 396 g/mol. The number of hydrogen-bond donors (Lipinski definition) is 1. The normalized spacial score (nSPS) is 11.0. The molecule has 1 aromatic carbocycles. The van der Waals surface area contributed by atoms with Crippen LogP contribution in [0.1, 0.15) is 21.6 Å². The third-order valence-electron chi connectivity index (χ3n) is 4.04. The molecule has 0 aliphatic rings. The summed E-state index contributed by atoms with van der Waals surface area (Å²) in [6, 6.07) is 9.90. The van der Waals surface area contributed by atoms with Crippen LogP contribution in [0.25, 0.3) is 5.65 Å². The molecule has 1 amide bonds. The fraction of sp³-hybridized carbons (Fsp3) is 0.111. The average Bonchev–Trinajstić information content (AvgIpc) is 3.22. The van der Waals surface area contributed by atoms with Crippen LogP contribution in [0.2, 0.25) is 0 Å². The molecule has 1 N–H and O–H groups in total. The van der Waals surface area contributed by atoms with E-state index in [0.29, 0.717) is 22.4 Å². The van der Waals surface area contributed by atoms with Gasteiger partial charge in [0.15, 0.2) is 11.3 Å². The topological polar surface area (TPSA) is 77.1 Å². The number of benzene rings is 1. The van der Waals surface area contributed by atoms with E-state index in [1.165, 1.54) is 11.1 Å². The Balaban J connectivity index is 1.52. The van der Waals surface area contributed by atoms with Gasteiger partial charge in [0.1, 0.15) is 0 Å². The number of aromatic nitrogens is 5. The number of nitrogens with one attached hydrogen (secondary N) is 1. The van der Waals surface area contributed by atoms with Crippen molar-refractivity contribution < 1.29 is 4.79 Å². The van der Waals surface area contributed by atoms with Crippen molar-refractivity contribution in [2.24, 2.45) is 0 Å². The molecule has 4 rings (SSSR count). The van der Waals surface area contributed by atoms with Gasteiger partial charge in [0.25, 0.3) is 5.91 Å². The standard InChI is InChI=1S/C18H15BrN6O/c1-12-5-2-3-6-13(12)10-24-11-14(9-21-24)22-18(26)16-15(19)17-20-7-4-8-25(17)23-16/h2-9,11H,10H2,1H3,(H,22,26). The average molecular weight is 411 g/mol. The first-order chi connectivity index (χ1) is 12.6. The Hall–Kier alpha value is -3.00. The van der Waals surface area contributed by atoms with Gasteiger partial charge in [0.2, 0.25) is 0 Å². The highest BCUT2D eigenvalue weighted by atomic mass is 79.9. The molecule has 4 aromatic rings. The van der Waals surface area contributed by atoms with Gasteiger partial charge in [-0.15, -0.1) is 0 Å². The number of carbonyl (C=O) groups is 1. The van der Waals surface area contributed by atoms with E-state index < -0.39 is 0 Å². The summed E-state index contributed by atoms with van der Waals surface area (Å²) in [5.41, 5.74) is 3.86. The molecule has 0 atom stereocenters. The zero-order valence-electron chi connectivity index (χ0n) is 13.9. The Morgan fingerprint density at radius 1 is 1.27 bits per heavy atom. The van der Waals surface area contributed by atoms with Crippen LogP contribution < -0.4 is 5.32 Å². The van der Waals surface area contributed by atoms with Crippen molar-refractivity contribution in [2.75, 3.05) is 5.32 Å². The lowest BCUT2D eigenvalue weighted by Crippen LogP contribution is -2.13. The maximum Gasteiger partial charge on any atom is 0.277 e. The van der Waals surface area contributed by atoms with Crippen LogP contribution >= 0.6 is 15.9 Å². The van der Waals surface area contributed by atoms with E-state index in [2.05, 4.69) is 55.5 Å². The Morgan fingerprint density at radius 3 is 2.92 bits per heavy atom. The van der Waals surface area contributed by atoms with Crippen molar-refractivity contribution in [3.05, 3.63) is 76.4 Å². The number of aryl methyl sites for hydroxylation is 1. The van der Waals surface area contributed by atoms with Crippen molar-refractivity contribution in [1.82, 2.24) is 24.4 Å². The Labute approximate surface area is 157 Å². The highest BCUT2D eigenvalue weighted by molar-refractivity contribution is 9.10. The zero-order chi connectivity index (χ0) is 18.1. The molecule has 0 unspecified atom stereocenters. The first-order valence-electron chi connectivity index (χ1n) is 7.99. The molecule has 0 saturated heterocycles. The summed E-state index contributed by atoms with van der Waals surface area (Å²) in [5.74, 6) is -0.321. The Bertz CT molecular complexity index is 1100. The highest BCUT2D eigenvalue weighted by Gasteiger charge is 2.18. The predicted octanol–water partition coefficient (Wildman–Crippen LogP) is 3.30. The molecule has 0 fully saturated rings. The second kappa shape index (κ2) is 6.72. The van der Waals surface area contributed by atoms with Crippen LogP contribution in [0.3, 0.4) is 0 Å². The minimum Gasteiger partial charge on any atom is -0.318 e. The summed E-state index contributed by atoms with van der Waals surface area (Å²) < 4.78 is 3.90.